The van der Waals surface area contributed by atoms with Crippen molar-refractivity contribution in [3.63, 3.8) is 0 Å². The van der Waals surface area contributed by atoms with Crippen LogP contribution in [0.3, 0.4) is 0 Å². The fourth-order valence-corrected chi connectivity index (χ4v) is 0.851. The van der Waals surface area contributed by atoms with E-state index in [2.05, 4.69) is 0 Å². The molecule has 0 bridgehead atoms. The smallest absolute Gasteiger partial charge is 0.121 e. The second-order valence-corrected chi connectivity index (χ2v) is 2.43. The van der Waals surface area contributed by atoms with Gasteiger partial charge in [0, 0.05) is 5.56 Å². The molecule has 11 heavy (non-hydrogen) atoms. The SMILES string of the molecule is Cc1cc(O)c(CO)cc1O. The molecular weight excluding hydrogens is 144 g/mol. The maximum Gasteiger partial charge on any atom is 0.121 e. The average molecular weight is 154 g/mol. The maximum atomic E-state index is 9.14. The van der Waals surface area contributed by atoms with Crippen molar-refractivity contribution >= 4 is 0 Å². The summed E-state index contributed by atoms with van der Waals surface area (Å²) in [6.07, 6.45) is 0. The topological polar surface area (TPSA) is 60.7 Å². The van der Waals surface area contributed by atoms with Crippen molar-refractivity contribution in [1.82, 2.24) is 0 Å². The molecule has 0 aliphatic rings. The standard InChI is InChI=1S/C8H10O3/c1-5-2-8(11)6(4-9)3-7(5)10/h2-3,9-11H,4H2,1H3. The van der Waals surface area contributed by atoms with Gasteiger partial charge in [0.15, 0.2) is 0 Å². The third-order valence-electron chi connectivity index (χ3n) is 1.57. The molecule has 0 aliphatic carbocycles. The van der Waals surface area contributed by atoms with Gasteiger partial charge in [-0.3, -0.25) is 0 Å². The normalized spacial score (nSPS) is 10.0. The number of benzene rings is 1. The highest BCUT2D eigenvalue weighted by atomic mass is 16.3. The Morgan fingerprint density at radius 3 is 2.36 bits per heavy atom. The van der Waals surface area contributed by atoms with Gasteiger partial charge in [-0.2, -0.15) is 0 Å². The van der Waals surface area contributed by atoms with Gasteiger partial charge in [-0.25, -0.2) is 0 Å². The molecular formula is C8H10O3. The van der Waals surface area contributed by atoms with Gasteiger partial charge >= 0.3 is 0 Å². The van der Waals surface area contributed by atoms with Crippen LogP contribution in [0, 0.1) is 6.92 Å². The Labute approximate surface area is 64.5 Å². The molecule has 3 heteroatoms. The molecule has 0 fully saturated rings. The van der Waals surface area contributed by atoms with Crippen LogP contribution in [0.1, 0.15) is 11.1 Å². The molecule has 0 unspecified atom stereocenters. The van der Waals surface area contributed by atoms with Crippen LogP contribution in [0.25, 0.3) is 0 Å². The van der Waals surface area contributed by atoms with Gasteiger partial charge in [0.05, 0.1) is 6.61 Å². The Hall–Kier alpha value is -1.22. The lowest BCUT2D eigenvalue weighted by atomic mass is 10.1. The summed E-state index contributed by atoms with van der Waals surface area (Å²) in [4.78, 5) is 0. The molecule has 0 amide bonds. The third-order valence-corrected chi connectivity index (χ3v) is 1.57. The minimum Gasteiger partial charge on any atom is -0.508 e. The molecule has 0 spiro atoms. The fraction of sp³-hybridized carbons (Fsp3) is 0.250. The Kier molecular flexibility index (Phi) is 2.01. The third kappa shape index (κ3) is 1.43. The molecule has 0 saturated carbocycles. The van der Waals surface area contributed by atoms with E-state index in [-0.39, 0.29) is 18.1 Å². The van der Waals surface area contributed by atoms with E-state index >= 15 is 0 Å². The van der Waals surface area contributed by atoms with Crippen LogP contribution in [0.2, 0.25) is 0 Å². The van der Waals surface area contributed by atoms with Crippen LogP contribution in [0.15, 0.2) is 12.1 Å². The van der Waals surface area contributed by atoms with Gasteiger partial charge in [-0.05, 0) is 24.6 Å². The van der Waals surface area contributed by atoms with Crippen LogP contribution in [0.4, 0.5) is 0 Å². The van der Waals surface area contributed by atoms with Crippen molar-refractivity contribution in [2.45, 2.75) is 13.5 Å². The van der Waals surface area contributed by atoms with E-state index in [9.17, 15) is 0 Å². The van der Waals surface area contributed by atoms with Gasteiger partial charge < -0.3 is 15.3 Å². The summed E-state index contributed by atoms with van der Waals surface area (Å²) in [6, 6.07) is 2.77. The summed E-state index contributed by atoms with van der Waals surface area (Å²) < 4.78 is 0. The molecule has 0 saturated heterocycles. The molecule has 1 rings (SSSR count). The Morgan fingerprint density at radius 2 is 1.82 bits per heavy atom. The number of rotatable bonds is 1. The summed E-state index contributed by atoms with van der Waals surface area (Å²) in [5, 5.41) is 26.9. The van der Waals surface area contributed by atoms with Crippen LogP contribution < -0.4 is 0 Å². The van der Waals surface area contributed by atoms with E-state index in [1.165, 1.54) is 12.1 Å². The minimum atomic E-state index is -0.264. The zero-order chi connectivity index (χ0) is 8.43. The predicted octanol–water partition coefficient (Wildman–Crippen LogP) is 0.899. The van der Waals surface area contributed by atoms with E-state index in [0.717, 1.165) is 0 Å². The monoisotopic (exact) mass is 154 g/mol. The molecule has 3 N–H and O–H groups in total. The van der Waals surface area contributed by atoms with E-state index < -0.39 is 0 Å². The van der Waals surface area contributed by atoms with E-state index in [1.807, 2.05) is 0 Å². The van der Waals surface area contributed by atoms with E-state index in [1.54, 1.807) is 6.92 Å². The van der Waals surface area contributed by atoms with Crippen molar-refractivity contribution in [3.8, 4) is 11.5 Å². The highest BCUT2D eigenvalue weighted by molar-refractivity contribution is 5.43. The van der Waals surface area contributed by atoms with Crippen LogP contribution in [0.5, 0.6) is 11.5 Å². The van der Waals surface area contributed by atoms with Gasteiger partial charge in [0.25, 0.3) is 0 Å². The first kappa shape index (κ1) is 7.88. The maximum absolute atomic E-state index is 9.14. The second kappa shape index (κ2) is 2.80. The molecule has 0 aromatic heterocycles. The zero-order valence-corrected chi connectivity index (χ0v) is 6.20. The highest BCUT2D eigenvalue weighted by Gasteiger charge is 2.03. The number of aryl methyl sites for hydroxylation is 1. The zero-order valence-electron chi connectivity index (χ0n) is 6.20. The number of aliphatic hydroxyl groups excluding tert-OH is 1. The number of phenolic OH excluding ortho intramolecular Hbond substituents is 1. The lowest BCUT2D eigenvalue weighted by Gasteiger charge is -2.03. The molecule has 1 aromatic carbocycles. The van der Waals surface area contributed by atoms with Crippen molar-refractivity contribution in [1.29, 1.82) is 0 Å². The van der Waals surface area contributed by atoms with Crippen molar-refractivity contribution < 1.29 is 15.3 Å². The number of aliphatic hydroxyl groups is 1. The first-order chi connectivity index (χ1) is 5.15. The lowest BCUT2D eigenvalue weighted by Crippen LogP contribution is -1.85. The quantitative estimate of drug-likeness (QED) is 0.526. The van der Waals surface area contributed by atoms with Gasteiger partial charge in [-0.15, -0.1) is 0 Å². The summed E-state index contributed by atoms with van der Waals surface area (Å²) in [6.45, 7) is 1.41. The first-order valence-corrected chi connectivity index (χ1v) is 3.27. The van der Waals surface area contributed by atoms with Crippen molar-refractivity contribution in [3.05, 3.63) is 23.3 Å². The summed E-state index contributed by atoms with van der Waals surface area (Å²) >= 11 is 0. The summed E-state index contributed by atoms with van der Waals surface area (Å²) in [5.41, 5.74) is 0.938. The molecule has 0 radical (unpaired) electrons. The Bertz CT molecular complexity index is 268. The molecule has 0 atom stereocenters. The van der Waals surface area contributed by atoms with Crippen molar-refractivity contribution in [2.24, 2.45) is 0 Å². The summed E-state index contributed by atoms with van der Waals surface area (Å²) in [5.74, 6) is 0.106. The van der Waals surface area contributed by atoms with Crippen LogP contribution in [-0.4, -0.2) is 15.3 Å². The van der Waals surface area contributed by atoms with Crippen LogP contribution in [-0.2, 0) is 6.61 Å². The number of hydrogen-bond acceptors (Lipinski definition) is 3. The van der Waals surface area contributed by atoms with Gasteiger partial charge in [0.2, 0.25) is 0 Å². The molecule has 3 nitrogen and oxygen atoms in total. The highest BCUT2D eigenvalue weighted by Crippen LogP contribution is 2.25. The lowest BCUT2D eigenvalue weighted by molar-refractivity contribution is 0.274. The number of hydrogen-bond donors (Lipinski definition) is 3. The van der Waals surface area contributed by atoms with E-state index in [0.29, 0.717) is 11.1 Å². The number of aromatic hydroxyl groups is 2. The van der Waals surface area contributed by atoms with Crippen molar-refractivity contribution in [2.75, 3.05) is 0 Å². The van der Waals surface area contributed by atoms with Gasteiger partial charge in [-0.1, -0.05) is 0 Å². The summed E-state index contributed by atoms with van der Waals surface area (Å²) in [7, 11) is 0. The van der Waals surface area contributed by atoms with Crippen LogP contribution >= 0.6 is 0 Å². The molecule has 60 valence electrons. The second-order valence-electron chi connectivity index (χ2n) is 2.43. The minimum absolute atomic E-state index is 0.0165. The molecule has 0 aliphatic heterocycles. The Balaban J connectivity index is 3.21. The van der Waals surface area contributed by atoms with Gasteiger partial charge in [0.1, 0.15) is 11.5 Å². The Morgan fingerprint density at radius 1 is 1.18 bits per heavy atom. The number of phenols is 2. The fourth-order valence-electron chi connectivity index (χ4n) is 0.851. The molecule has 1 aromatic rings. The molecule has 0 heterocycles. The first-order valence-electron chi connectivity index (χ1n) is 3.27. The average Bonchev–Trinajstić information content (AvgIpc) is 1.97. The predicted molar refractivity (Wildman–Crippen MR) is 40.4 cm³/mol. The van der Waals surface area contributed by atoms with E-state index in [4.69, 9.17) is 15.3 Å². The largest absolute Gasteiger partial charge is 0.508 e.